The minimum Gasteiger partial charge on any atom is -0.482 e. The average Bonchev–Trinajstić information content (AvgIpc) is 2.98. The number of Topliss-reactive ketones (excluding diaryl/α,β-unsaturated/α-hetero) is 1. The van der Waals surface area contributed by atoms with Gasteiger partial charge in [-0.25, -0.2) is 9.59 Å². The number of nitrogens with one attached hydrogen (secondary N) is 2. The zero-order chi connectivity index (χ0) is 22.0. The van der Waals surface area contributed by atoms with Gasteiger partial charge in [0.2, 0.25) is 0 Å². The third-order valence-electron chi connectivity index (χ3n) is 4.46. The van der Waals surface area contributed by atoms with Crippen molar-refractivity contribution in [2.75, 3.05) is 18.5 Å². The predicted octanol–water partition coefficient (Wildman–Crippen LogP) is 2.57. The van der Waals surface area contributed by atoms with E-state index in [2.05, 4.69) is 10.3 Å². The minimum atomic E-state index is -0.762. The summed E-state index contributed by atoms with van der Waals surface area (Å²) in [7, 11) is 0. The zero-order valence-electron chi connectivity index (χ0n) is 17.1. The number of amides is 1. The molecule has 9 heteroatoms. The lowest BCUT2D eigenvalue weighted by Gasteiger charge is -2.18. The SMILES string of the molecule is Cc1[nH]c(C(=O)OCC(=O)c2ccc3c(c2)NC(=O)CO3)c(C)c1C(=O)OC(C)C. The van der Waals surface area contributed by atoms with Gasteiger partial charge in [-0.15, -0.1) is 0 Å². The summed E-state index contributed by atoms with van der Waals surface area (Å²) in [6.07, 6.45) is -0.300. The first-order valence-corrected chi connectivity index (χ1v) is 9.34. The third kappa shape index (κ3) is 4.35. The Morgan fingerprint density at radius 2 is 1.90 bits per heavy atom. The van der Waals surface area contributed by atoms with Gasteiger partial charge in [0.1, 0.15) is 11.4 Å². The van der Waals surface area contributed by atoms with Crippen LogP contribution in [0.3, 0.4) is 0 Å². The normalized spacial score (nSPS) is 12.6. The molecule has 0 radical (unpaired) electrons. The molecule has 2 aromatic rings. The molecule has 0 aliphatic carbocycles. The summed E-state index contributed by atoms with van der Waals surface area (Å²) in [5.74, 6) is -1.61. The Morgan fingerprint density at radius 1 is 1.17 bits per heavy atom. The number of carbonyl (C=O) groups is 4. The highest BCUT2D eigenvalue weighted by molar-refractivity contribution is 6.03. The standard InChI is InChI=1S/C21H22N2O7/c1-10(2)30-20(26)18-11(3)19(22-12(18)4)21(27)29-8-15(24)13-5-6-16-14(7-13)23-17(25)9-28-16/h5-7,10,22H,8-9H2,1-4H3,(H,23,25). The fourth-order valence-electron chi connectivity index (χ4n) is 3.08. The molecule has 0 saturated heterocycles. The Morgan fingerprint density at radius 3 is 2.60 bits per heavy atom. The van der Waals surface area contributed by atoms with Gasteiger partial charge in [-0.05, 0) is 51.5 Å². The number of aryl methyl sites for hydroxylation is 1. The van der Waals surface area contributed by atoms with E-state index in [1.54, 1.807) is 33.8 Å². The number of esters is 2. The number of hydrogen-bond donors (Lipinski definition) is 2. The van der Waals surface area contributed by atoms with E-state index in [1.807, 2.05) is 0 Å². The van der Waals surface area contributed by atoms with Crippen LogP contribution in [0.2, 0.25) is 0 Å². The van der Waals surface area contributed by atoms with Crippen molar-refractivity contribution < 1.29 is 33.4 Å². The summed E-state index contributed by atoms with van der Waals surface area (Å²) < 4.78 is 15.6. The van der Waals surface area contributed by atoms with Gasteiger partial charge >= 0.3 is 11.9 Å². The van der Waals surface area contributed by atoms with Crippen molar-refractivity contribution in [3.63, 3.8) is 0 Å². The molecule has 3 rings (SSSR count). The first kappa shape index (κ1) is 21.1. The molecule has 1 amide bonds. The highest BCUT2D eigenvalue weighted by Crippen LogP contribution is 2.28. The van der Waals surface area contributed by atoms with E-state index < -0.39 is 24.3 Å². The van der Waals surface area contributed by atoms with Crippen molar-refractivity contribution in [3.8, 4) is 5.75 Å². The van der Waals surface area contributed by atoms with Gasteiger partial charge in [-0.3, -0.25) is 9.59 Å². The second kappa shape index (κ2) is 8.40. The van der Waals surface area contributed by atoms with Crippen LogP contribution in [0.4, 0.5) is 5.69 Å². The van der Waals surface area contributed by atoms with Gasteiger partial charge in [-0.1, -0.05) is 0 Å². The monoisotopic (exact) mass is 414 g/mol. The Balaban J connectivity index is 1.69. The maximum atomic E-state index is 12.5. The molecule has 2 heterocycles. The molecular formula is C21H22N2O7. The van der Waals surface area contributed by atoms with Crippen molar-refractivity contribution in [1.82, 2.24) is 4.98 Å². The van der Waals surface area contributed by atoms with Crippen molar-refractivity contribution in [3.05, 3.63) is 46.3 Å². The van der Waals surface area contributed by atoms with Crippen LogP contribution in [0.1, 0.15) is 56.3 Å². The van der Waals surface area contributed by atoms with Gasteiger partial charge < -0.3 is 24.5 Å². The summed E-state index contributed by atoms with van der Waals surface area (Å²) in [5.41, 5.74) is 1.86. The first-order chi connectivity index (χ1) is 14.2. The number of aromatic nitrogens is 1. The van der Waals surface area contributed by atoms with Crippen LogP contribution >= 0.6 is 0 Å². The fraction of sp³-hybridized carbons (Fsp3) is 0.333. The van der Waals surface area contributed by atoms with E-state index in [9.17, 15) is 19.2 Å². The van der Waals surface area contributed by atoms with Crippen LogP contribution in [0.25, 0.3) is 0 Å². The Bertz CT molecular complexity index is 1040. The zero-order valence-corrected chi connectivity index (χ0v) is 17.1. The number of rotatable bonds is 6. The largest absolute Gasteiger partial charge is 0.482 e. The molecule has 0 bridgehead atoms. The van der Waals surface area contributed by atoms with Crippen molar-refractivity contribution in [2.24, 2.45) is 0 Å². The number of hydrogen-bond acceptors (Lipinski definition) is 7. The Hall–Kier alpha value is -3.62. The summed E-state index contributed by atoms with van der Waals surface area (Å²) in [6.45, 7) is 6.12. The van der Waals surface area contributed by atoms with Crippen molar-refractivity contribution in [2.45, 2.75) is 33.8 Å². The minimum absolute atomic E-state index is 0.0838. The predicted molar refractivity (Wildman–Crippen MR) is 106 cm³/mol. The van der Waals surface area contributed by atoms with Crippen LogP contribution < -0.4 is 10.1 Å². The number of carbonyl (C=O) groups excluding carboxylic acids is 4. The van der Waals surface area contributed by atoms with Crippen LogP contribution in [0.5, 0.6) is 5.75 Å². The van der Waals surface area contributed by atoms with Crippen LogP contribution in [0.15, 0.2) is 18.2 Å². The van der Waals surface area contributed by atoms with Gasteiger partial charge in [0.15, 0.2) is 19.0 Å². The number of benzene rings is 1. The summed E-state index contributed by atoms with van der Waals surface area (Å²) >= 11 is 0. The molecule has 0 atom stereocenters. The second-order valence-electron chi connectivity index (χ2n) is 7.13. The number of anilines is 1. The van der Waals surface area contributed by atoms with Crippen molar-refractivity contribution in [1.29, 1.82) is 0 Å². The Labute approximate surface area is 172 Å². The van der Waals surface area contributed by atoms with Crippen LogP contribution in [-0.4, -0.2) is 47.9 Å². The summed E-state index contributed by atoms with van der Waals surface area (Å²) in [6, 6.07) is 4.55. The Kier molecular flexibility index (Phi) is 5.91. The van der Waals surface area contributed by atoms with Crippen LogP contribution in [0, 0.1) is 13.8 Å². The molecule has 158 valence electrons. The smallest absolute Gasteiger partial charge is 0.355 e. The van der Waals surface area contributed by atoms with E-state index >= 15 is 0 Å². The van der Waals surface area contributed by atoms with Gasteiger partial charge in [0.05, 0.1) is 17.4 Å². The quantitative estimate of drug-likeness (QED) is 0.550. The molecule has 0 fully saturated rings. The molecule has 1 aromatic heterocycles. The fourth-order valence-corrected chi connectivity index (χ4v) is 3.08. The molecule has 9 nitrogen and oxygen atoms in total. The summed E-state index contributed by atoms with van der Waals surface area (Å²) in [4.78, 5) is 51.4. The number of ketones is 1. The third-order valence-corrected chi connectivity index (χ3v) is 4.46. The van der Waals surface area contributed by atoms with E-state index in [1.165, 1.54) is 12.1 Å². The maximum Gasteiger partial charge on any atom is 0.355 e. The molecule has 30 heavy (non-hydrogen) atoms. The number of aromatic amines is 1. The van der Waals surface area contributed by atoms with Crippen molar-refractivity contribution >= 4 is 29.3 Å². The van der Waals surface area contributed by atoms with E-state index in [0.29, 0.717) is 22.7 Å². The molecule has 0 unspecified atom stereocenters. The number of fused-ring (bicyclic) bond motifs is 1. The number of ether oxygens (including phenoxy) is 3. The molecular weight excluding hydrogens is 392 g/mol. The molecule has 1 aromatic carbocycles. The molecule has 1 aliphatic heterocycles. The first-order valence-electron chi connectivity index (χ1n) is 9.34. The van der Waals surface area contributed by atoms with Gasteiger partial charge in [0, 0.05) is 11.3 Å². The van der Waals surface area contributed by atoms with E-state index in [4.69, 9.17) is 14.2 Å². The highest BCUT2D eigenvalue weighted by Gasteiger charge is 2.25. The summed E-state index contributed by atoms with van der Waals surface area (Å²) in [5, 5.41) is 2.61. The highest BCUT2D eigenvalue weighted by atomic mass is 16.5. The van der Waals surface area contributed by atoms with Gasteiger partial charge in [0.25, 0.3) is 5.91 Å². The average molecular weight is 414 g/mol. The van der Waals surface area contributed by atoms with Gasteiger partial charge in [-0.2, -0.15) is 0 Å². The molecule has 0 saturated carbocycles. The molecule has 1 aliphatic rings. The topological polar surface area (TPSA) is 124 Å². The van der Waals surface area contributed by atoms with Crippen LogP contribution in [-0.2, 0) is 14.3 Å². The van der Waals surface area contributed by atoms with E-state index in [0.717, 1.165) is 0 Å². The lowest BCUT2D eigenvalue weighted by atomic mass is 10.1. The van der Waals surface area contributed by atoms with E-state index in [-0.39, 0.29) is 35.4 Å². The number of H-pyrrole nitrogens is 1. The maximum absolute atomic E-state index is 12.5. The lowest BCUT2D eigenvalue weighted by molar-refractivity contribution is -0.118. The molecule has 2 N–H and O–H groups in total. The lowest BCUT2D eigenvalue weighted by Crippen LogP contribution is -2.25. The second-order valence-corrected chi connectivity index (χ2v) is 7.13. The molecule has 0 spiro atoms.